The van der Waals surface area contributed by atoms with Crippen molar-refractivity contribution in [3.05, 3.63) is 57.0 Å². The number of nitrogens with zero attached hydrogens (tertiary/aromatic N) is 1. The predicted octanol–water partition coefficient (Wildman–Crippen LogP) is 5.29. The summed E-state index contributed by atoms with van der Waals surface area (Å²) in [5.41, 5.74) is 4.72. The van der Waals surface area contributed by atoms with Gasteiger partial charge in [0.25, 0.3) is 0 Å². The summed E-state index contributed by atoms with van der Waals surface area (Å²) in [5, 5.41) is 4.57. The highest BCUT2D eigenvalue weighted by atomic mass is 79.9. The van der Waals surface area contributed by atoms with Crippen LogP contribution in [0.1, 0.15) is 16.1 Å². The molecule has 4 heteroatoms. The van der Waals surface area contributed by atoms with Gasteiger partial charge in [-0.05, 0) is 49.2 Å². The summed E-state index contributed by atoms with van der Waals surface area (Å²) in [6.07, 6.45) is 0. The van der Waals surface area contributed by atoms with Gasteiger partial charge in [0.05, 0.1) is 16.8 Å². The number of anilines is 1. The maximum atomic E-state index is 4.64. The van der Waals surface area contributed by atoms with E-state index in [1.165, 1.54) is 20.3 Å². The molecule has 0 saturated heterocycles. The standard InChI is InChI=1S/C16H15BrN2S/c1-10-7-12(8-11(2)16(10)17)18-9-15-19-13-5-3-4-6-14(13)20-15/h3-8,18H,9H2,1-2H3. The molecule has 0 saturated carbocycles. The van der Waals surface area contributed by atoms with Gasteiger partial charge in [0.2, 0.25) is 0 Å². The minimum atomic E-state index is 0.764. The van der Waals surface area contributed by atoms with Gasteiger partial charge in [0, 0.05) is 10.2 Å². The first kappa shape index (κ1) is 13.6. The molecule has 0 unspecified atom stereocenters. The van der Waals surface area contributed by atoms with Crippen LogP contribution in [-0.2, 0) is 6.54 Å². The Balaban J connectivity index is 1.79. The van der Waals surface area contributed by atoms with Crippen LogP contribution in [0.4, 0.5) is 5.69 Å². The van der Waals surface area contributed by atoms with Gasteiger partial charge in [0.1, 0.15) is 5.01 Å². The summed E-state index contributed by atoms with van der Waals surface area (Å²) >= 11 is 5.34. The van der Waals surface area contributed by atoms with Crippen LogP contribution in [0.2, 0.25) is 0 Å². The fourth-order valence-corrected chi connectivity index (χ4v) is 3.36. The molecule has 3 aromatic rings. The van der Waals surface area contributed by atoms with E-state index in [0.29, 0.717) is 0 Å². The molecule has 2 nitrogen and oxygen atoms in total. The lowest BCUT2D eigenvalue weighted by Gasteiger charge is -2.09. The van der Waals surface area contributed by atoms with Crippen LogP contribution in [0.3, 0.4) is 0 Å². The molecule has 1 aromatic heterocycles. The maximum Gasteiger partial charge on any atom is 0.113 e. The third kappa shape index (κ3) is 2.72. The van der Waals surface area contributed by atoms with Crippen LogP contribution in [0.25, 0.3) is 10.2 Å². The Hall–Kier alpha value is -1.39. The van der Waals surface area contributed by atoms with E-state index in [1.54, 1.807) is 11.3 Å². The largest absolute Gasteiger partial charge is 0.379 e. The maximum absolute atomic E-state index is 4.64. The summed E-state index contributed by atoms with van der Waals surface area (Å²) in [5.74, 6) is 0. The molecule has 3 rings (SSSR count). The first-order valence-electron chi connectivity index (χ1n) is 6.48. The van der Waals surface area contributed by atoms with Crippen molar-refractivity contribution in [3.63, 3.8) is 0 Å². The molecule has 0 bridgehead atoms. The lowest BCUT2D eigenvalue weighted by atomic mass is 10.1. The van der Waals surface area contributed by atoms with Gasteiger partial charge in [-0.25, -0.2) is 4.98 Å². The first-order valence-corrected chi connectivity index (χ1v) is 8.09. The van der Waals surface area contributed by atoms with E-state index in [1.807, 2.05) is 6.07 Å². The second-order valence-electron chi connectivity index (χ2n) is 4.85. The lowest BCUT2D eigenvalue weighted by molar-refractivity contribution is 1.11. The molecule has 0 aliphatic carbocycles. The lowest BCUT2D eigenvalue weighted by Crippen LogP contribution is -1.99. The van der Waals surface area contributed by atoms with Crippen molar-refractivity contribution in [2.24, 2.45) is 0 Å². The van der Waals surface area contributed by atoms with Crippen LogP contribution >= 0.6 is 27.3 Å². The number of benzene rings is 2. The van der Waals surface area contributed by atoms with E-state index in [2.05, 4.69) is 70.4 Å². The van der Waals surface area contributed by atoms with E-state index in [9.17, 15) is 0 Å². The molecule has 0 atom stereocenters. The van der Waals surface area contributed by atoms with Gasteiger partial charge in [-0.15, -0.1) is 11.3 Å². The van der Waals surface area contributed by atoms with Crippen molar-refractivity contribution in [3.8, 4) is 0 Å². The Bertz CT molecular complexity index is 708. The number of halogens is 1. The topological polar surface area (TPSA) is 24.9 Å². The SMILES string of the molecule is Cc1cc(NCc2nc3ccccc3s2)cc(C)c1Br. The number of aromatic nitrogens is 1. The number of hydrogen-bond acceptors (Lipinski definition) is 3. The molecule has 20 heavy (non-hydrogen) atoms. The van der Waals surface area contributed by atoms with Crippen molar-refractivity contribution < 1.29 is 0 Å². The van der Waals surface area contributed by atoms with Crippen molar-refractivity contribution in [1.29, 1.82) is 0 Å². The van der Waals surface area contributed by atoms with Crippen LogP contribution in [0.5, 0.6) is 0 Å². The second-order valence-corrected chi connectivity index (χ2v) is 6.76. The van der Waals surface area contributed by atoms with Gasteiger partial charge >= 0.3 is 0 Å². The predicted molar refractivity (Wildman–Crippen MR) is 90.6 cm³/mol. The molecule has 102 valence electrons. The molecule has 0 aliphatic rings. The molecular weight excluding hydrogens is 332 g/mol. The summed E-state index contributed by atoms with van der Waals surface area (Å²) in [6.45, 7) is 4.99. The Morgan fingerprint density at radius 3 is 2.55 bits per heavy atom. The van der Waals surface area contributed by atoms with Gasteiger partial charge < -0.3 is 5.32 Å². The number of nitrogens with one attached hydrogen (secondary N) is 1. The second kappa shape index (κ2) is 5.54. The van der Waals surface area contributed by atoms with Crippen LogP contribution in [0, 0.1) is 13.8 Å². The number of para-hydroxylation sites is 1. The molecule has 1 heterocycles. The summed E-state index contributed by atoms with van der Waals surface area (Å²) < 4.78 is 2.43. The van der Waals surface area contributed by atoms with Gasteiger partial charge in [-0.1, -0.05) is 28.1 Å². The van der Waals surface area contributed by atoms with E-state index in [0.717, 1.165) is 22.8 Å². The average molecular weight is 347 g/mol. The number of rotatable bonds is 3. The molecule has 0 aliphatic heterocycles. The zero-order valence-corrected chi connectivity index (χ0v) is 13.8. The summed E-state index contributed by atoms with van der Waals surface area (Å²) in [4.78, 5) is 4.64. The highest BCUT2D eigenvalue weighted by Gasteiger charge is 2.05. The third-order valence-electron chi connectivity index (χ3n) is 3.22. The Labute approximate surface area is 131 Å². The molecule has 0 fully saturated rings. The highest BCUT2D eigenvalue weighted by Crippen LogP contribution is 2.26. The number of thiazole rings is 1. The fourth-order valence-electron chi connectivity index (χ4n) is 2.22. The summed E-state index contributed by atoms with van der Waals surface area (Å²) in [6, 6.07) is 12.6. The van der Waals surface area contributed by atoms with Gasteiger partial charge in [-0.2, -0.15) is 0 Å². The van der Waals surface area contributed by atoms with Crippen LogP contribution in [0.15, 0.2) is 40.9 Å². The van der Waals surface area contributed by atoms with E-state index in [-0.39, 0.29) is 0 Å². The number of aryl methyl sites for hydroxylation is 2. The highest BCUT2D eigenvalue weighted by molar-refractivity contribution is 9.10. The quantitative estimate of drug-likeness (QED) is 0.697. The molecule has 1 N–H and O–H groups in total. The average Bonchev–Trinajstić information content (AvgIpc) is 2.85. The Morgan fingerprint density at radius 2 is 1.85 bits per heavy atom. The minimum absolute atomic E-state index is 0.764. The molecular formula is C16H15BrN2S. The normalized spacial score (nSPS) is 10.9. The van der Waals surface area contributed by atoms with Crippen LogP contribution < -0.4 is 5.32 Å². The van der Waals surface area contributed by atoms with E-state index < -0.39 is 0 Å². The molecule has 0 amide bonds. The fraction of sp³-hybridized carbons (Fsp3) is 0.188. The third-order valence-corrected chi connectivity index (χ3v) is 5.51. The zero-order valence-electron chi connectivity index (χ0n) is 11.4. The van der Waals surface area contributed by atoms with E-state index in [4.69, 9.17) is 0 Å². The van der Waals surface area contributed by atoms with Crippen molar-refractivity contribution in [2.45, 2.75) is 20.4 Å². The van der Waals surface area contributed by atoms with Crippen molar-refractivity contribution in [1.82, 2.24) is 4.98 Å². The van der Waals surface area contributed by atoms with Gasteiger partial charge in [-0.3, -0.25) is 0 Å². The zero-order chi connectivity index (χ0) is 14.1. The Morgan fingerprint density at radius 1 is 1.15 bits per heavy atom. The molecule has 0 radical (unpaired) electrons. The summed E-state index contributed by atoms with van der Waals surface area (Å²) in [7, 11) is 0. The number of hydrogen-bond donors (Lipinski definition) is 1. The van der Waals surface area contributed by atoms with Gasteiger partial charge in [0.15, 0.2) is 0 Å². The monoisotopic (exact) mass is 346 g/mol. The first-order chi connectivity index (χ1) is 9.63. The van der Waals surface area contributed by atoms with Crippen molar-refractivity contribution >= 4 is 43.2 Å². The smallest absolute Gasteiger partial charge is 0.113 e. The molecule has 0 spiro atoms. The van der Waals surface area contributed by atoms with Crippen LogP contribution in [-0.4, -0.2) is 4.98 Å². The number of fused-ring (bicyclic) bond motifs is 1. The Kier molecular flexibility index (Phi) is 3.76. The van der Waals surface area contributed by atoms with Crippen molar-refractivity contribution in [2.75, 3.05) is 5.32 Å². The molecule has 2 aromatic carbocycles. The van der Waals surface area contributed by atoms with E-state index >= 15 is 0 Å². The minimum Gasteiger partial charge on any atom is -0.379 e.